The number of fused-ring (bicyclic) bond motifs is 1. The van der Waals surface area contributed by atoms with Crippen LogP contribution in [-0.2, 0) is 11.0 Å². The van der Waals surface area contributed by atoms with Crippen molar-refractivity contribution in [1.29, 1.82) is 0 Å². The van der Waals surface area contributed by atoms with Crippen molar-refractivity contribution in [3.63, 3.8) is 0 Å². The quantitative estimate of drug-likeness (QED) is 0.626. The Morgan fingerprint density at radius 1 is 1.00 bits per heavy atom. The van der Waals surface area contributed by atoms with Gasteiger partial charge in [0, 0.05) is 12.1 Å². The molecule has 0 aliphatic carbocycles. The van der Waals surface area contributed by atoms with E-state index < -0.39 is 29.5 Å². The number of nitrogens with one attached hydrogen (secondary N) is 2. The zero-order valence-electron chi connectivity index (χ0n) is 15.5. The molecule has 3 aromatic carbocycles. The van der Waals surface area contributed by atoms with Gasteiger partial charge in [-0.2, -0.15) is 13.2 Å². The fourth-order valence-corrected chi connectivity index (χ4v) is 3.53. The Hall–Kier alpha value is -3.42. The number of carbonyl (C=O) groups excluding carboxylic acids is 2. The molecule has 0 radical (unpaired) electrons. The molecule has 3 aromatic rings. The van der Waals surface area contributed by atoms with Gasteiger partial charge in [0.1, 0.15) is 11.9 Å². The molecule has 4 rings (SSSR count). The lowest BCUT2D eigenvalue weighted by Gasteiger charge is -2.14. The van der Waals surface area contributed by atoms with Crippen LogP contribution in [0.5, 0.6) is 0 Å². The third-order valence-electron chi connectivity index (χ3n) is 5.05. The maximum absolute atomic E-state index is 13.6. The molecular weight excluding hydrogens is 400 g/mol. The summed E-state index contributed by atoms with van der Waals surface area (Å²) in [4.78, 5) is 24.0. The molecule has 2 N–H and O–H groups in total. The van der Waals surface area contributed by atoms with Gasteiger partial charge in [-0.25, -0.2) is 4.39 Å². The van der Waals surface area contributed by atoms with E-state index in [0.29, 0.717) is 29.3 Å². The van der Waals surface area contributed by atoms with Crippen molar-refractivity contribution < 1.29 is 27.2 Å². The maximum atomic E-state index is 13.6. The van der Waals surface area contributed by atoms with E-state index in [1.54, 1.807) is 18.2 Å². The van der Waals surface area contributed by atoms with Gasteiger partial charge < -0.3 is 10.6 Å². The van der Waals surface area contributed by atoms with Crippen molar-refractivity contribution in [2.75, 3.05) is 6.54 Å². The van der Waals surface area contributed by atoms with Crippen LogP contribution in [0.15, 0.2) is 54.6 Å². The fourth-order valence-electron chi connectivity index (χ4n) is 3.53. The first-order valence-corrected chi connectivity index (χ1v) is 9.22. The lowest BCUT2D eigenvalue weighted by atomic mass is 9.96. The van der Waals surface area contributed by atoms with Crippen LogP contribution in [0.3, 0.4) is 0 Å². The molecule has 1 aliphatic heterocycles. The van der Waals surface area contributed by atoms with E-state index in [-0.39, 0.29) is 17.0 Å². The number of hydrogen-bond acceptors (Lipinski definition) is 2. The van der Waals surface area contributed by atoms with E-state index >= 15 is 0 Å². The Morgan fingerprint density at radius 2 is 1.73 bits per heavy atom. The van der Waals surface area contributed by atoms with Crippen LogP contribution in [-0.4, -0.2) is 24.4 Å². The Morgan fingerprint density at radius 3 is 2.43 bits per heavy atom. The second-order valence-corrected chi connectivity index (χ2v) is 7.07. The van der Waals surface area contributed by atoms with Crippen molar-refractivity contribution >= 4 is 22.6 Å². The predicted octanol–water partition coefficient (Wildman–Crippen LogP) is 4.28. The van der Waals surface area contributed by atoms with Crippen LogP contribution in [0.2, 0.25) is 0 Å². The molecule has 154 valence electrons. The fraction of sp³-hybridized carbons (Fsp3) is 0.182. The van der Waals surface area contributed by atoms with Crippen molar-refractivity contribution in [1.82, 2.24) is 10.6 Å². The third-order valence-corrected chi connectivity index (χ3v) is 5.05. The van der Waals surface area contributed by atoms with Crippen LogP contribution in [0.25, 0.3) is 21.9 Å². The molecule has 4 nitrogen and oxygen atoms in total. The number of rotatable bonds is 3. The summed E-state index contributed by atoms with van der Waals surface area (Å²) >= 11 is 0. The number of hydrogen-bond donors (Lipinski definition) is 2. The summed E-state index contributed by atoms with van der Waals surface area (Å²) < 4.78 is 53.6. The topological polar surface area (TPSA) is 58.2 Å². The third kappa shape index (κ3) is 3.85. The summed E-state index contributed by atoms with van der Waals surface area (Å²) in [6.07, 6.45) is -4.11. The van der Waals surface area contributed by atoms with Gasteiger partial charge in [-0.3, -0.25) is 9.59 Å². The smallest absolute Gasteiger partial charge is 0.354 e. The SMILES string of the molecule is O=C(NC1CCNC1=O)c1ccc2cc(-c3cc(F)ccc3C(F)(F)F)ccc2c1. The predicted molar refractivity (Wildman–Crippen MR) is 103 cm³/mol. The second kappa shape index (κ2) is 7.44. The van der Waals surface area contributed by atoms with Crippen molar-refractivity contribution in [3.05, 3.63) is 71.5 Å². The Kier molecular flexibility index (Phi) is 4.93. The molecule has 8 heteroatoms. The summed E-state index contributed by atoms with van der Waals surface area (Å²) in [5.74, 6) is -1.40. The van der Waals surface area contributed by atoms with E-state index in [4.69, 9.17) is 0 Å². The summed E-state index contributed by atoms with van der Waals surface area (Å²) in [5.41, 5.74) is -0.626. The van der Waals surface area contributed by atoms with Gasteiger partial charge in [0.05, 0.1) is 5.56 Å². The van der Waals surface area contributed by atoms with Crippen LogP contribution in [0.4, 0.5) is 17.6 Å². The van der Waals surface area contributed by atoms with Crippen molar-refractivity contribution in [3.8, 4) is 11.1 Å². The molecular formula is C22H16F4N2O2. The van der Waals surface area contributed by atoms with E-state index in [2.05, 4.69) is 10.6 Å². The normalized spacial score (nSPS) is 16.5. The first-order valence-electron chi connectivity index (χ1n) is 9.22. The van der Waals surface area contributed by atoms with Gasteiger partial charge in [-0.15, -0.1) is 0 Å². The maximum Gasteiger partial charge on any atom is 0.417 e. The Bertz CT molecular complexity index is 1160. The van der Waals surface area contributed by atoms with Gasteiger partial charge in [0.25, 0.3) is 5.91 Å². The van der Waals surface area contributed by atoms with Crippen LogP contribution in [0, 0.1) is 5.82 Å². The van der Waals surface area contributed by atoms with Gasteiger partial charge in [-0.05, 0) is 64.7 Å². The minimum absolute atomic E-state index is 0.217. The zero-order valence-corrected chi connectivity index (χ0v) is 15.5. The molecule has 1 fully saturated rings. The molecule has 2 amide bonds. The molecule has 0 aromatic heterocycles. The monoisotopic (exact) mass is 416 g/mol. The van der Waals surface area contributed by atoms with E-state index in [0.717, 1.165) is 18.2 Å². The Labute approximate surface area is 168 Å². The molecule has 0 spiro atoms. The van der Waals surface area contributed by atoms with Gasteiger partial charge in [0.2, 0.25) is 5.91 Å². The second-order valence-electron chi connectivity index (χ2n) is 7.07. The van der Waals surface area contributed by atoms with Crippen molar-refractivity contribution in [2.45, 2.75) is 18.6 Å². The molecule has 1 heterocycles. The lowest BCUT2D eigenvalue weighted by Crippen LogP contribution is -2.40. The van der Waals surface area contributed by atoms with Gasteiger partial charge in [0.15, 0.2) is 0 Å². The highest BCUT2D eigenvalue weighted by Gasteiger charge is 2.34. The van der Waals surface area contributed by atoms with Crippen LogP contribution in [0.1, 0.15) is 22.3 Å². The summed E-state index contributed by atoms with van der Waals surface area (Å²) in [7, 11) is 0. The summed E-state index contributed by atoms with van der Waals surface area (Å²) in [6.45, 7) is 0.504. The van der Waals surface area contributed by atoms with Crippen LogP contribution >= 0.6 is 0 Å². The van der Waals surface area contributed by atoms with E-state index in [1.807, 2.05) is 0 Å². The highest BCUT2D eigenvalue weighted by atomic mass is 19.4. The molecule has 1 unspecified atom stereocenters. The average Bonchev–Trinajstić information content (AvgIpc) is 3.10. The molecule has 0 bridgehead atoms. The van der Waals surface area contributed by atoms with E-state index in [9.17, 15) is 27.2 Å². The van der Waals surface area contributed by atoms with Crippen molar-refractivity contribution in [2.24, 2.45) is 0 Å². The lowest BCUT2D eigenvalue weighted by molar-refractivity contribution is -0.137. The number of benzene rings is 3. The standard InChI is InChI=1S/C22H16F4N2O2/c23-16-5-6-18(22(24,25)26)17(11-16)14-3-1-13-10-15(4-2-12(13)9-14)20(29)28-19-7-8-27-21(19)30/h1-6,9-11,19H,7-8H2,(H,27,30)(H,28,29). The molecule has 1 aliphatic rings. The highest BCUT2D eigenvalue weighted by molar-refractivity contribution is 6.01. The molecule has 1 saturated heterocycles. The zero-order chi connectivity index (χ0) is 21.5. The summed E-state index contributed by atoms with van der Waals surface area (Å²) in [5, 5.41) is 6.52. The van der Waals surface area contributed by atoms with E-state index in [1.165, 1.54) is 18.2 Å². The number of alkyl halides is 3. The first-order chi connectivity index (χ1) is 14.2. The number of amides is 2. The van der Waals surface area contributed by atoms with Crippen LogP contribution < -0.4 is 10.6 Å². The highest BCUT2D eigenvalue weighted by Crippen LogP contribution is 2.38. The largest absolute Gasteiger partial charge is 0.417 e. The molecule has 30 heavy (non-hydrogen) atoms. The van der Waals surface area contributed by atoms with Gasteiger partial charge in [-0.1, -0.05) is 18.2 Å². The molecule has 1 atom stereocenters. The Balaban J connectivity index is 1.67. The first kappa shape index (κ1) is 19.9. The minimum atomic E-state index is -4.62. The number of carbonyl (C=O) groups is 2. The molecule has 0 saturated carbocycles. The van der Waals surface area contributed by atoms with Gasteiger partial charge >= 0.3 is 6.18 Å². The average molecular weight is 416 g/mol. The number of halogens is 4. The minimum Gasteiger partial charge on any atom is -0.354 e. The summed E-state index contributed by atoms with van der Waals surface area (Å²) in [6, 6.07) is 11.1.